The van der Waals surface area contributed by atoms with Gasteiger partial charge in [0.25, 0.3) is 5.91 Å². The zero-order chi connectivity index (χ0) is 13.4. The third kappa shape index (κ3) is 5.00. The zero-order valence-electron chi connectivity index (χ0n) is 10.8. The maximum absolute atomic E-state index is 12.0. The van der Waals surface area contributed by atoms with Crippen LogP contribution in [-0.4, -0.2) is 18.4 Å². The van der Waals surface area contributed by atoms with Gasteiger partial charge in [0.2, 0.25) is 0 Å². The third-order valence-electron chi connectivity index (χ3n) is 2.35. The largest absolute Gasteiger partial charge is 0.481 e. The molecule has 0 aliphatic heterocycles. The van der Waals surface area contributed by atoms with Gasteiger partial charge in [0.15, 0.2) is 5.90 Å². The number of hydrogen-bond acceptors (Lipinski definition) is 2. The molecule has 0 spiro atoms. The van der Waals surface area contributed by atoms with E-state index >= 15 is 0 Å². The second-order valence-electron chi connectivity index (χ2n) is 3.86. The Labute approximate surface area is 116 Å². The molecule has 0 aromatic heterocycles. The monoisotopic (exact) mass is 311 g/mol. The van der Waals surface area contributed by atoms with E-state index in [4.69, 9.17) is 4.74 Å². The Hall–Kier alpha value is -1.16. The van der Waals surface area contributed by atoms with Crippen molar-refractivity contribution in [2.24, 2.45) is 4.99 Å². The number of aliphatic imine (C=N–C) groups is 1. The van der Waals surface area contributed by atoms with Gasteiger partial charge >= 0.3 is 0 Å². The van der Waals surface area contributed by atoms with Gasteiger partial charge in [0.05, 0.1) is 6.61 Å². The van der Waals surface area contributed by atoms with Crippen LogP contribution >= 0.6 is 15.9 Å². The molecular weight excluding hydrogens is 294 g/mol. The fourth-order valence-corrected chi connectivity index (χ4v) is 1.85. The molecule has 1 amide bonds. The van der Waals surface area contributed by atoms with E-state index in [0.29, 0.717) is 24.5 Å². The van der Waals surface area contributed by atoms with E-state index in [-0.39, 0.29) is 5.91 Å². The molecule has 0 radical (unpaired) electrons. The average molecular weight is 312 g/mol. The maximum Gasteiger partial charge on any atom is 0.280 e. The number of carbonyl (C=O) groups excluding carboxylic acids is 1. The molecule has 0 saturated heterocycles. The second-order valence-corrected chi connectivity index (χ2v) is 4.77. The molecule has 4 heteroatoms. The standard InChI is InChI=1S/C14H18BrNO2/c1-3-5-9-13(18-4-2)16-14(17)11-7-6-8-12(15)10-11/h6-8,10H,3-5,9H2,1-2H3. The molecule has 98 valence electrons. The van der Waals surface area contributed by atoms with Crippen molar-refractivity contribution >= 4 is 27.7 Å². The highest BCUT2D eigenvalue weighted by Crippen LogP contribution is 2.13. The summed E-state index contributed by atoms with van der Waals surface area (Å²) in [5.41, 5.74) is 0.568. The first-order chi connectivity index (χ1) is 8.67. The van der Waals surface area contributed by atoms with Gasteiger partial charge in [-0.15, -0.1) is 0 Å². The summed E-state index contributed by atoms with van der Waals surface area (Å²) in [6, 6.07) is 7.20. The lowest BCUT2D eigenvalue weighted by atomic mass is 10.2. The van der Waals surface area contributed by atoms with Crippen LogP contribution in [0.25, 0.3) is 0 Å². The van der Waals surface area contributed by atoms with E-state index in [1.807, 2.05) is 19.1 Å². The number of carbonyl (C=O) groups is 1. The first kappa shape index (κ1) is 14.9. The highest BCUT2D eigenvalue weighted by Gasteiger charge is 2.07. The van der Waals surface area contributed by atoms with Crippen LogP contribution < -0.4 is 0 Å². The van der Waals surface area contributed by atoms with Crippen LogP contribution in [0.5, 0.6) is 0 Å². The molecule has 0 aliphatic carbocycles. The van der Waals surface area contributed by atoms with Gasteiger partial charge in [-0.05, 0) is 31.5 Å². The summed E-state index contributed by atoms with van der Waals surface area (Å²) in [4.78, 5) is 16.0. The number of amides is 1. The van der Waals surface area contributed by atoms with E-state index < -0.39 is 0 Å². The van der Waals surface area contributed by atoms with E-state index in [0.717, 1.165) is 17.3 Å². The Kier molecular flexibility index (Phi) is 6.65. The Bertz CT molecular complexity index is 430. The first-order valence-corrected chi connectivity index (χ1v) is 6.97. The quantitative estimate of drug-likeness (QED) is 0.603. The summed E-state index contributed by atoms with van der Waals surface area (Å²) in [6.45, 7) is 4.53. The van der Waals surface area contributed by atoms with Gasteiger partial charge in [-0.3, -0.25) is 4.79 Å². The number of halogens is 1. The average Bonchev–Trinajstić information content (AvgIpc) is 2.36. The van der Waals surface area contributed by atoms with Crippen LogP contribution in [0.2, 0.25) is 0 Å². The highest BCUT2D eigenvalue weighted by atomic mass is 79.9. The van der Waals surface area contributed by atoms with Gasteiger partial charge in [-0.1, -0.05) is 35.3 Å². The number of rotatable bonds is 5. The molecule has 0 saturated carbocycles. The maximum atomic E-state index is 12.0. The zero-order valence-corrected chi connectivity index (χ0v) is 12.4. The predicted octanol–water partition coefficient (Wildman–Crippen LogP) is 4.21. The number of ether oxygens (including phenoxy) is 1. The highest BCUT2D eigenvalue weighted by molar-refractivity contribution is 9.10. The summed E-state index contributed by atoms with van der Waals surface area (Å²) >= 11 is 3.34. The van der Waals surface area contributed by atoms with Gasteiger partial charge in [0, 0.05) is 16.5 Å². The Morgan fingerprint density at radius 2 is 2.17 bits per heavy atom. The molecule has 0 aliphatic rings. The van der Waals surface area contributed by atoms with Crippen LogP contribution in [0.3, 0.4) is 0 Å². The summed E-state index contributed by atoms with van der Waals surface area (Å²) in [7, 11) is 0. The number of benzene rings is 1. The minimum atomic E-state index is -0.254. The molecular formula is C14H18BrNO2. The fraction of sp³-hybridized carbons (Fsp3) is 0.429. The van der Waals surface area contributed by atoms with E-state index in [1.165, 1.54) is 0 Å². The second kappa shape index (κ2) is 8.03. The minimum absolute atomic E-state index is 0.254. The van der Waals surface area contributed by atoms with Crippen molar-refractivity contribution < 1.29 is 9.53 Å². The predicted molar refractivity (Wildman–Crippen MR) is 77.1 cm³/mol. The van der Waals surface area contributed by atoms with E-state index in [9.17, 15) is 4.79 Å². The van der Waals surface area contributed by atoms with Crippen molar-refractivity contribution in [2.75, 3.05) is 6.61 Å². The summed E-state index contributed by atoms with van der Waals surface area (Å²) in [6.07, 6.45) is 2.74. The molecule has 18 heavy (non-hydrogen) atoms. The lowest BCUT2D eigenvalue weighted by molar-refractivity contribution is 0.0998. The van der Waals surface area contributed by atoms with Crippen molar-refractivity contribution in [1.82, 2.24) is 0 Å². The number of hydrogen-bond donors (Lipinski definition) is 0. The Balaban J connectivity index is 2.80. The fourth-order valence-electron chi connectivity index (χ4n) is 1.45. The molecule has 1 aromatic rings. The van der Waals surface area contributed by atoms with E-state index in [1.54, 1.807) is 12.1 Å². The van der Waals surface area contributed by atoms with Crippen molar-refractivity contribution in [3.8, 4) is 0 Å². The molecule has 3 nitrogen and oxygen atoms in total. The van der Waals surface area contributed by atoms with Crippen molar-refractivity contribution in [2.45, 2.75) is 33.1 Å². The minimum Gasteiger partial charge on any atom is -0.481 e. The van der Waals surface area contributed by atoms with Gasteiger partial charge < -0.3 is 4.74 Å². The number of nitrogens with zero attached hydrogens (tertiary/aromatic N) is 1. The summed E-state index contributed by atoms with van der Waals surface area (Å²) in [5, 5.41) is 0. The molecule has 0 unspecified atom stereocenters. The molecule has 0 atom stereocenters. The molecule has 1 rings (SSSR count). The summed E-state index contributed by atoms with van der Waals surface area (Å²) < 4.78 is 6.25. The molecule has 0 N–H and O–H groups in total. The van der Waals surface area contributed by atoms with Gasteiger partial charge in [0.1, 0.15) is 0 Å². The Morgan fingerprint density at radius 3 is 2.78 bits per heavy atom. The van der Waals surface area contributed by atoms with Crippen LogP contribution in [0, 0.1) is 0 Å². The Morgan fingerprint density at radius 1 is 1.39 bits per heavy atom. The van der Waals surface area contributed by atoms with Crippen LogP contribution in [0.4, 0.5) is 0 Å². The van der Waals surface area contributed by atoms with E-state index in [2.05, 4.69) is 27.8 Å². The molecule has 1 aromatic carbocycles. The first-order valence-electron chi connectivity index (χ1n) is 6.17. The number of unbranched alkanes of at least 4 members (excludes halogenated alkanes) is 1. The third-order valence-corrected chi connectivity index (χ3v) is 2.85. The molecule has 0 fully saturated rings. The van der Waals surface area contributed by atoms with Crippen LogP contribution in [0.15, 0.2) is 33.7 Å². The lowest BCUT2D eigenvalue weighted by Crippen LogP contribution is -2.08. The van der Waals surface area contributed by atoms with Crippen molar-refractivity contribution in [1.29, 1.82) is 0 Å². The topological polar surface area (TPSA) is 38.7 Å². The van der Waals surface area contributed by atoms with Crippen LogP contribution in [-0.2, 0) is 4.74 Å². The normalized spacial score (nSPS) is 11.4. The summed E-state index contributed by atoms with van der Waals surface area (Å²) in [5.74, 6) is 0.278. The van der Waals surface area contributed by atoms with Crippen LogP contribution in [0.1, 0.15) is 43.5 Å². The van der Waals surface area contributed by atoms with Crippen molar-refractivity contribution in [3.63, 3.8) is 0 Å². The van der Waals surface area contributed by atoms with Gasteiger partial charge in [-0.2, -0.15) is 4.99 Å². The smallest absolute Gasteiger partial charge is 0.280 e. The molecule has 0 bridgehead atoms. The molecule has 0 heterocycles. The van der Waals surface area contributed by atoms with Gasteiger partial charge in [-0.25, -0.2) is 0 Å². The SMILES string of the molecule is CCCCC(=NC(=O)c1cccc(Br)c1)OCC. The van der Waals surface area contributed by atoms with Crippen molar-refractivity contribution in [3.05, 3.63) is 34.3 Å². The lowest BCUT2D eigenvalue weighted by Gasteiger charge is -2.06.